The van der Waals surface area contributed by atoms with Gasteiger partial charge < -0.3 is 21.5 Å². The van der Waals surface area contributed by atoms with Crippen LogP contribution in [0.3, 0.4) is 0 Å². The van der Waals surface area contributed by atoms with Gasteiger partial charge in [0.25, 0.3) is 5.91 Å². The minimum Gasteiger partial charge on any atom is -0.508 e. The van der Waals surface area contributed by atoms with E-state index in [1.165, 1.54) is 0 Å². The average Bonchev–Trinajstić information content (AvgIpc) is 3.00. The molecule has 0 fully saturated rings. The van der Waals surface area contributed by atoms with Gasteiger partial charge in [-0.15, -0.1) is 0 Å². The van der Waals surface area contributed by atoms with Gasteiger partial charge in [0.2, 0.25) is 0 Å². The molecule has 4 rings (SSSR count). The molecule has 0 saturated heterocycles. The molecule has 6 nitrogen and oxygen atoms in total. The van der Waals surface area contributed by atoms with Crippen molar-refractivity contribution in [3.63, 3.8) is 0 Å². The third-order valence-corrected chi connectivity index (χ3v) is 4.47. The highest BCUT2D eigenvalue weighted by molar-refractivity contribution is 6.32. The molecule has 28 heavy (non-hydrogen) atoms. The lowest BCUT2D eigenvalue weighted by Crippen LogP contribution is -2.05. The minimum atomic E-state index is -0.264. The minimum absolute atomic E-state index is 0.121. The van der Waals surface area contributed by atoms with Gasteiger partial charge in [0.1, 0.15) is 5.75 Å². The van der Waals surface area contributed by atoms with Gasteiger partial charge in [0.05, 0.1) is 5.57 Å². The van der Waals surface area contributed by atoms with Gasteiger partial charge in [-0.3, -0.25) is 9.59 Å². The maximum absolute atomic E-state index is 12.8. The van der Waals surface area contributed by atoms with Crippen LogP contribution in [0, 0.1) is 0 Å². The molecule has 0 unspecified atom stereocenters. The number of carbonyl (C=O) groups is 2. The van der Waals surface area contributed by atoms with Crippen LogP contribution >= 0.6 is 0 Å². The van der Waals surface area contributed by atoms with E-state index in [2.05, 4.69) is 10.6 Å². The topological polar surface area (TPSA) is 104 Å². The average molecular weight is 371 g/mol. The van der Waals surface area contributed by atoms with E-state index in [-0.39, 0.29) is 17.4 Å². The number of aromatic hydroxyl groups is 1. The first-order valence-electron chi connectivity index (χ1n) is 8.63. The van der Waals surface area contributed by atoms with E-state index >= 15 is 0 Å². The van der Waals surface area contributed by atoms with E-state index in [0.29, 0.717) is 39.3 Å². The van der Waals surface area contributed by atoms with Crippen LogP contribution < -0.4 is 16.4 Å². The highest BCUT2D eigenvalue weighted by Gasteiger charge is 2.25. The molecular weight excluding hydrogens is 354 g/mol. The zero-order valence-electron chi connectivity index (χ0n) is 14.8. The third-order valence-electron chi connectivity index (χ3n) is 4.47. The second-order valence-electron chi connectivity index (χ2n) is 6.42. The Hall–Kier alpha value is -4.06. The molecule has 3 aromatic carbocycles. The monoisotopic (exact) mass is 371 g/mol. The molecule has 0 atom stereocenters. The summed E-state index contributed by atoms with van der Waals surface area (Å²) >= 11 is 0. The molecule has 6 heteroatoms. The molecule has 1 aliphatic rings. The van der Waals surface area contributed by atoms with Gasteiger partial charge in [-0.1, -0.05) is 6.07 Å². The number of carbonyl (C=O) groups excluding carboxylic acids is 2. The van der Waals surface area contributed by atoms with Crippen molar-refractivity contribution >= 4 is 34.3 Å². The van der Waals surface area contributed by atoms with Crippen molar-refractivity contribution < 1.29 is 14.7 Å². The summed E-state index contributed by atoms with van der Waals surface area (Å²) in [4.78, 5) is 25.1. The maximum atomic E-state index is 12.8. The zero-order chi connectivity index (χ0) is 19.7. The van der Waals surface area contributed by atoms with Crippen LogP contribution in [0.2, 0.25) is 0 Å². The molecule has 0 radical (unpaired) electrons. The predicted octanol–water partition coefficient (Wildman–Crippen LogP) is 3.61. The zero-order valence-corrected chi connectivity index (χ0v) is 14.8. The van der Waals surface area contributed by atoms with E-state index in [1.807, 2.05) is 0 Å². The fraction of sp³-hybridized carbons (Fsp3) is 0. The Bertz CT molecular complexity index is 1120. The number of benzene rings is 3. The number of hydrogen-bond donors (Lipinski definition) is 4. The first kappa shape index (κ1) is 17.4. The first-order chi connectivity index (χ1) is 13.5. The summed E-state index contributed by atoms with van der Waals surface area (Å²) in [5.74, 6) is -0.293. The standard InChI is InChI=1S/C22H17N3O3/c23-15-7-4-13(5-8-15)21(27)14-6-9-20-18(10-14)19(22(28)25-20)12-24-16-2-1-3-17(26)11-16/h1-12,24,26H,23H2,(H,25,28). The van der Waals surface area contributed by atoms with Gasteiger partial charge in [-0.25, -0.2) is 0 Å². The number of rotatable bonds is 4. The Balaban J connectivity index is 1.66. The second-order valence-corrected chi connectivity index (χ2v) is 6.42. The molecule has 1 heterocycles. The summed E-state index contributed by atoms with van der Waals surface area (Å²) in [7, 11) is 0. The predicted molar refractivity (Wildman–Crippen MR) is 109 cm³/mol. The van der Waals surface area contributed by atoms with Gasteiger partial charge in [0.15, 0.2) is 5.78 Å². The smallest absolute Gasteiger partial charge is 0.257 e. The molecular formula is C22H17N3O3. The van der Waals surface area contributed by atoms with Crippen LogP contribution in [0.4, 0.5) is 17.1 Å². The number of nitrogen functional groups attached to an aromatic ring is 1. The van der Waals surface area contributed by atoms with Crippen LogP contribution in [-0.4, -0.2) is 16.8 Å². The Morgan fingerprint density at radius 2 is 1.75 bits per heavy atom. The van der Waals surface area contributed by atoms with Crippen molar-refractivity contribution in [1.29, 1.82) is 0 Å². The number of nitrogens with two attached hydrogens (primary N) is 1. The Morgan fingerprint density at radius 3 is 2.50 bits per heavy atom. The van der Waals surface area contributed by atoms with Crippen molar-refractivity contribution in [3.8, 4) is 5.75 Å². The van der Waals surface area contributed by atoms with E-state index in [4.69, 9.17) is 5.73 Å². The van der Waals surface area contributed by atoms with Crippen molar-refractivity contribution in [2.24, 2.45) is 0 Å². The molecule has 0 spiro atoms. The summed E-state index contributed by atoms with van der Waals surface area (Å²) < 4.78 is 0. The van der Waals surface area contributed by atoms with Crippen molar-refractivity contribution in [2.45, 2.75) is 0 Å². The number of amides is 1. The highest BCUT2D eigenvalue weighted by atomic mass is 16.3. The largest absolute Gasteiger partial charge is 0.508 e. The summed E-state index contributed by atoms with van der Waals surface area (Å²) in [6.45, 7) is 0. The molecule has 0 bridgehead atoms. The number of nitrogens with one attached hydrogen (secondary N) is 2. The van der Waals surface area contributed by atoms with Gasteiger partial charge >= 0.3 is 0 Å². The lowest BCUT2D eigenvalue weighted by atomic mass is 9.98. The van der Waals surface area contributed by atoms with Crippen LogP contribution in [0.15, 0.2) is 72.9 Å². The summed E-state index contributed by atoms with van der Waals surface area (Å²) in [6.07, 6.45) is 1.56. The molecule has 5 N–H and O–H groups in total. The van der Waals surface area contributed by atoms with E-state index in [0.717, 1.165) is 0 Å². The Labute approximate surface area is 161 Å². The highest BCUT2D eigenvalue weighted by Crippen LogP contribution is 2.33. The number of fused-ring (bicyclic) bond motifs is 1. The first-order valence-corrected chi connectivity index (χ1v) is 8.63. The molecule has 0 saturated carbocycles. The van der Waals surface area contributed by atoms with Crippen LogP contribution in [0.25, 0.3) is 5.57 Å². The SMILES string of the molecule is Nc1ccc(C(=O)c2ccc3c(c2)C(=CNc2cccc(O)c2)C(=O)N3)cc1. The lowest BCUT2D eigenvalue weighted by molar-refractivity contribution is -0.110. The molecule has 0 aromatic heterocycles. The fourth-order valence-corrected chi connectivity index (χ4v) is 3.02. The molecule has 1 amide bonds. The van der Waals surface area contributed by atoms with Crippen LogP contribution in [-0.2, 0) is 4.79 Å². The van der Waals surface area contributed by atoms with Crippen molar-refractivity contribution in [1.82, 2.24) is 0 Å². The number of hydrogen-bond acceptors (Lipinski definition) is 5. The normalized spacial score (nSPS) is 13.9. The Kier molecular flexibility index (Phi) is 4.29. The number of ketones is 1. The van der Waals surface area contributed by atoms with Gasteiger partial charge in [-0.05, 0) is 54.6 Å². The Morgan fingerprint density at radius 1 is 1.00 bits per heavy atom. The fourth-order valence-electron chi connectivity index (χ4n) is 3.02. The summed E-state index contributed by atoms with van der Waals surface area (Å²) in [6, 6.07) is 18.4. The van der Waals surface area contributed by atoms with E-state index < -0.39 is 0 Å². The third kappa shape index (κ3) is 3.31. The van der Waals surface area contributed by atoms with Gasteiger partial charge in [0, 0.05) is 46.0 Å². The quantitative estimate of drug-likeness (QED) is 0.319. The number of phenolic OH excluding ortho intramolecular Hbond substituents is 1. The van der Waals surface area contributed by atoms with E-state index in [9.17, 15) is 14.7 Å². The summed E-state index contributed by atoms with van der Waals surface area (Å²) in [5.41, 5.74) is 9.59. The maximum Gasteiger partial charge on any atom is 0.257 e. The van der Waals surface area contributed by atoms with Crippen molar-refractivity contribution in [2.75, 3.05) is 16.4 Å². The number of anilines is 3. The lowest BCUT2D eigenvalue weighted by Gasteiger charge is -2.06. The molecule has 0 aliphatic carbocycles. The van der Waals surface area contributed by atoms with Crippen LogP contribution in [0.5, 0.6) is 5.75 Å². The molecule has 1 aliphatic heterocycles. The number of phenols is 1. The van der Waals surface area contributed by atoms with Gasteiger partial charge in [-0.2, -0.15) is 0 Å². The van der Waals surface area contributed by atoms with E-state index in [1.54, 1.807) is 72.9 Å². The van der Waals surface area contributed by atoms with Crippen molar-refractivity contribution in [3.05, 3.63) is 89.6 Å². The molecule has 3 aromatic rings. The molecule has 138 valence electrons. The second kappa shape index (κ2) is 6.92. The van der Waals surface area contributed by atoms with Crippen LogP contribution in [0.1, 0.15) is 21.5 Å². The summed E-state index contributed by atoms with van der Waals surface area (Å²) in [5, 5.41) is 15.3.